The van der Waals surface area contributed by atoms with Gasteiger partial charge in [-0.2, -0.15) is 4.98 Å². The number of carbonyl (C=O) groups excluding carboxylic acids is 1. The SMILES string of the molecule is CCCn1cc(Br)cc1C(=O)Nc1nc(OC)n[nH]1. The van der Waals surface area contributed by atoms with Gasteiger partial charge in [0.25, 0.3) is 5.91 Å². The van der Waals surface area contributed by atoms with Crippen molar-refractivity contribution in [2.45, 2.75) is 19.9 Å². The number of halogens is 1. The van der Waals surface area contributed by atoms with Crippen molar-refractivity contribution in [3.8, 4) is 6.01 Å². The number of amides is 1. The van der Waals surface area contributed by atoms with E-state index in [2.05, 4.69) is 43.4 Å². The molecule has 0 saturated carbocycles. The molecule has 2 aromatic heterocycles. The lowest BCUT2D eigenvalue weighted by atomic mass is 10.4. The summed E-state index contributed by atoms with van der Waals surface area (Å²) < 4.78 is 7.58. The topological polar surface area (TPSA) is 84.8 Å². The third-order valence-electron chi connectivity index (χ3n) is 2.44. The molecular formula is C11H14BrN5O2. The number of hydrogen-bond acceptors (Lipinski definition) is 4. The molecule has 0 spiro atoms. The van der Waals surface area contributed by atoms with Crippen LogP contribution in [0.4, 0.5) is 5.95 Å². The molecule has 0 unspecified atom stereocenters. The number of anilines is 1. The van der Waals surface area contributed by atoms with Crippen molar-refractivity contribution in [2.75, 3.05) is 12.4 Å². The number of aromatic nitrogens is 4. The summed E-state index contributed by atoms with van der Waals surface area (Å²) in [7, 11) is 1.46. The first-order valence-electron chi connectivity index (χ1n) is 5.77. The molecule has 0 aliphatic carbocycles. The first kappa shape index (κ1) is 13.6. The van der Waals surface area contributed by atoms with Crippen molar-refractivity contribution < 1.29 is 9.53 Å². The van der Waals surface area contributed by atoms with E-state index in [9.17, 15) is 4.79 Å². The third kappa shape index (κ3) is 3.14. The Bertz CT molecular complexity index is 577. The normalized spacial score (nSPS) is 10.5. The van der Waals surface area contributed by atoms with Crippen LogP contribution in [0.3, 0.4) is 0 Å². The van der Waals surface area contributed by atoms with E-state index >= 15 is 0 Å². The lowest BCUT2D eigenvalue weighted by Gasteiger charge is -2.06. The number of aryl methyl sites for hydroxylation is 1. The summed E-state index contributed by atoms with van der Waals surface area (Å²) in [5.74, 6) is 0.000161. The van der Waals surface area contributed by atoms with Crippen LogP contribution in [0.25, 0.3) is 0 Å². The molecular weight excluding hydrogens is 314 g/mol. The first-order valence-corrected chi connectivity index (χ1v) is 6.56. The monoisotopic (exact) mass is 327 g/mol. The second-order valence-electron chi connectivity index (χ2n) is 3.86. The molecule has 0 atom stereocenters. The van der Waals surface area contributed by atoms with Crippen LogP contribution in [-0.4, -0.2) is 32.8 Å². The molecule has 2 rings (SSSR count). The Morgan fingerprint density at radius 2 is 2.42 bits per heavy atom. The van der Waals surface area contributed by atoms with Gasteiger partial charge in [0.05, 0.1) is 7.11 Å². The number of H-pyrrole nitrogens is 1. The highest BCUT2D eigenvalue weighted by atomic mass is 79.9. The summed E-state index contributed by atoms with van der Waals surface area (Å²) in [5, 5.41) is 8.97. The van der Waals surface area contributed by atoms with Gasteiger partial charge in [-0.3, -0.25) is 10.1 Å². The van der Waals surface area contributed by atoms with Gasteiger partial charge in [0.2, 0.25) is 5.95 Å². The molecule has 0 aliphatic heterocycles. The number of ether oxygens (including phenoxy) is 1. The Morgan fingerprint density at radius 3 is 3.05 bits per heavy atom. The molecule has 1 amide bonds. The van der Waals surface area contributed by atoms with Gasteiger partial charge in [-0.15, -0.1) is 5.10 Å². The van der Waals surface area contributed by atoms with Crippen LogP contribution in [0.1, 0.15) is 23.8 Å². The summed E-state index contributed by atoms with van der Waals surface area (Å²) in [5.41, 5.74) is 0.559. The van der Waals surface area contributed by atoms with E-state index in [4.69, 9.17) is 4.74 Å². The minimum absolute atomic E-state index is 0.181. The molecule has 19 heavy (non-hydrogen) atoms. The van der Waals surface area contributed by atoms with Crippen LogP contribution < -0.4 is 10.1 Å². The zero-order valence-corrected chi connectivity index (χ0v) is 12.2. The molecule has 2 aromatic rings. The van der Waals surface area contributed by atoms with Crippen LogP contribution >= 0.6 is 15.9 Å². The molecule has 0 bridgehead atoms. The van der Waals surface area contributed by atoms with Crippen molar-refractivity contribution in [1.29, 1.82) is 0 Å². The lowest BCUT2D eigenvalue weighted by molar-refractivity contribution is 0.101. The van der Waals surface area contributed by atoms with Crippen molar-refractivity contribution in [3.63, 3.8) is 0 Å². The lowest BCUT2D eigenvalue weighted by Crippen LogP contribution is -2.17. The second-order valence-corrected chi connectivity index (χ2v) is 4.78. The van der Waals surface area contributed by atoms with Crippen molar-refractivity contribution in [3.05, 3.63) is 22.4 Å². The van der Waals surface area contributed by atoms with Gasteiger partial charge in [0.15, 0.2) is 0 Å². The summed E-state index contributed by atoms with van der Waals surface area (Å²) in [6.07, 6.45) is 2.82. The molecule has 2 N–H and O–H groups in total. The van der Waals surface area contributed by atoms with Gasteiger partial charge in [-0.1, -0.05) is 6.92 Å². The Balaban J connectivity index is 2.15. The van der Waals surface area contributed by atoms with Crippen LogP contribution in [0.2, 0.25) is 0 Å². The van der Waals surface area contributed by atoms with Gasteiger partial charge in [-0.25, -0.2) is 5.10 Å². The predicted octanol–water partition coefficient (Wildman–Crippen LogP) is 2.04. The van der Waals surface area contributed by atoms with Gasteiger partial charge in [-0.05, 0) is 28.4 Å². The number of nitrogens with zero attached hydrogens (tertiary/aromatic N) is 3. The largest absolute Gasteiger partial charge is 0.466 e. The van der Waals surface area contributed by atoms with Crippen LogP contribution in [0.5, 0.6) is 6.01 Å². The van der Waals surface area contributed by atoms with E-state index < -0.39 is 0 Å². The molecule has 0 aromatic carbocycles. The third-order valence-corrected chi connectivity index (χ3v) is 2.87. The Morgan fingerprint density at radius 1 is 1.63 bits per heavy atom. The highest BCUT2D eigenvalue weighted by Gasteiger charge is 2.14. The van der Waals surface area contributed by atoms with Crippen molar-refractivity contribution in [1.82, 2.24) is 19.7 Å². The molecule has 7 nitrogen and oxygen atoms in total. The van der Waals surface area contributed by atoms with Gasteiger partial charge >= 0.3 is 6.01 Å². The average molecular weight is 328 g/mol. The summed E-state index contributed by atoms with van der Waals surface area (Å²) in [4.78, 5) is 16.1. The summed E-state index contributed by atoms with van der Waals surface area (Å²) >= 11 is 3.37. The number of rotatable bonds is 5. The number of hydrogen-bond donors (Lipinski definition) is 2. The van der Waals surface area contributed by atoms with Gasteiger partial charge in [0.1, 0.15) is 5.69 Å². The highest BCUT2D eigenvalue weighted by molar-refractivity contribution is 9.10. The summed E-state index contributed by atoms with van der Waals surface area (Å²) in [6.45, 7) is 2.82. The molecule has 0 fully saturated rings. The second kappa shape index (κ2) is 5.87. The maximum Gasteiger partial charge on any atom is 0.336 e. The van der Waals surface area contributed by atoms with Crippen molar-refractivity contribution in [2.24, 2.45) is 0 Å². The minimum Gasteiger partial charge on any atom is -0.466 e. The van der Waals surface area contributed by atoms with E-state index in [0.717, 1.165) is 17.4 Å². The van der Waals surface area contributed by atoms with E-state index in [1.165, 1.54) is 7.11 Å². The fraction of sp³-hybridized carbons (Fsp3) is 0.364. The average Bonchev–Trinajstić information content (AvgIpc) is 2.96. The maximum atomic E-state index is 12.1. The Hall–Kier alpha value is -1.83. The van der Waals surface area contributed by atoms with Gasteiger partial charge in [0, 0.05) is 17.2 Å². The molecule has 102 valence electrons. The number of carbonyl (C=O) groups is 1. The molecule has 8 heteroatoms. The Labute approximate surface area is 118 Å². The van der Waals surface area contributed by atoms with E-state index in [1.54, 1.807) is 6.07 Å². The fourth-order valence-electron chi connectivity index (χ4n) is 1.66. The quantitative estimate of drug-likeness (QED) is 0.880. The first-order chi connectivity index (χ1) is 9.13. The minimum atomic E-state index is -0.252. The zero-order valence-electron chi connectivity index (χ0n) is 10.6. The maximum absolute atomic E-state index is 12.1. The standard InChI is InChI=1S/C11H14BrN5O2/c1-3-4-17-6-7(12)5-8(17)9(18)13-10-14-11(19-2)16-15-10/h5-6H,3-4H2,1-2H3,(H2,13,14,15,16,18). The molecule has 0 saturated heterocycles. The van der Waals surface area contributed by atoms with E-state index in [1.807, 2.05) is 10.8 Å². The molecule has 2 heterocycles. The van der Waals surface area contributed by atoms with Crippen molar-refractivity contribution >= 4 is 27.8 Å². The molecule has 0 aliphatic rings. The Kier molecular flexibility index (Phi) is 4.20. The van der Waals surface area contributed by atoms with Crippen LogP contribution in [0, 0.1) is 0 Å². The van der Waals surface area contributed by atoms with Gasteiger partial charge < -0.3 is 9.30 Å². The van der Waals surface area contributed by atoms with E-state index in [-0.39, 0.29) is 17.9 Å². The van der Waals surface area contributed by atoms with Crippen LogP contribution in [-0.2, 0) is 6.54 Å². The fourth-order valence-corrected chi connectivity index (χ4v) is 2.12. The predicted molar refractivity (Wildman–Crippen MR) is 73.3 cm³/mol. The van der Waals surface area contributed by atoms with E-state index in [0.29, 0.717) is 5.69 Å². The number of nitrogens with one attached hydrogen (secondary N) is 2. The molecule has 0 radical (unpaired) electrons. The smallest absolute Gasteiger partial charge is 0.336 e. The summed E-state index contributed by atoms with van der Waals surface area (Å²) in [6, 6.07) is 1.94. The highest BCUT2D eigenvalue weighted by Crippen LogP contribution is 2.17. The number of methoxy groups -OCH3 is 1. The number of aromatic amines is 1. The van der Waals surface area contributed by atoms with Crippen LogP contribution in [0.15, 0.2) is 16.7 Å². The zero-order chi connectivity index (χ0) is 13.8.